The molecule has 1 N–H and O–H groups in total. The van der Waals surface area contributed by atoms with Gasteiger partial charge in [-0.3, -0.25) is 0 Å². The van der Waals surface area contributed by atoms with Crippen LogP contribution in [0.25, 0.3) is 0 Å². The molecule has 1 aliphatic carbocycles. The molecule has 1 aromatic rings. The van der Waals surface area contributed by atoms with Gasteiger partial charge in [0, 0.05) is 12.5 Å². The molecule has 1 fully saturated rings. The Balaban J connectivity index is 2.24. The maximum absolute atomic E-state index is 4.61. The fraction of sp³-hybridized carbons (Fsp3) is 0.667. The monoisotopic (exact) mass is 283 g/mol. The summed E-state index contributed by atoms with van der Waals surface area (Å²) in [7, 11) is 0. The molecule has 4 heteroatoms. The summed E-state index contributed by atoms with van der Waals surface area (Å²) >= 11 is 3.54. The van der Waals surface area contributed by atoms with E-state index in [-0.39, 0.29) is 0 Å². The van der Waals surface area contributed by atoms with Crippen LogP contribution in [-0.2, 0) is 0 Å². The number of nitrogens with one attached hydrogen (secondary N) is 1. The number of rotatable bonds is 4. The Morgan fingerprint density at radius 2 is 2.12 bits per heavy atom. The SMILES string of the molecule is CCCNc1nc(C2CC2C)nc(C)c1Br. The molecule has 0 bridgehead atoms. The van der Waals surface area contributed by atoms with Gasteiger partial charge in [-0.2, -0.15) is 0 Å². The van der Waals surface area contributed by atoms with Gasteiger partial charge in [-0.05, 0) is 41.6 Å². The number of nitrogens with zero attached hydrogens (tertiary/aromatic N) is 2. The average Bonchev–Trinajstić information content (AvgIpc) is 2.97. The van der Waals surface area contributed by atoms with Gasteiger partial charge in [0.05, 0.1) is 10.2 Å². The zero-order valence-electron chi connectivity index (χ0n) is 10.0. The van der Waals surface area contributed by atoms with E-state index in [1.165, 1.54) is 6.42 Å². The molecule has 1 heterocycles. The van der Waals surface area contributed by atoms with Crippen LogP contribution in [0.2, 0.25) is 0 Å². The van der Waals surface area contributed by atoms with E-state index >= 15 is 0 Å². The van der Waals surface area contributed by atoms with Gasteiger partial charge in [-0.25, -0.2) is 9.97 Å². The minimum absolute atomic E-state index is 0.578. The molecule has 1 aromatic heterocycles. The summed E-state index contributed by atoms with van der Waals surface area (Å²) in [5, 5.41) is 3.34. The molecule has 88 valence electrons. The summed E-state index contributed by atoms with van der Waals surface area (Å²) < 4.78 is 0.998. The van der Waals surface area contributed by atoms with Crippen LogP contribution in [0.1, 0.15) is 44.1 Å². The van der Waals surface area contributed by atoms with Gasteiger partial charge in [0.2, 0.25) is 0 Å². The molecule has 1 aliphatic rings. The minimum atomic E-state index is 0.578. The van der Waals surface area contributed by atoms with Gasteiger partial charge in [0.1, 0.15) is 11.6 Å². The van der Waals surface area contributed by atoms with Crippen molar-refractivity contribution in [2.75, 3.05) is 11.9 Å². The predicted molar refractivity (Wildman–Crippen MR) is 69.8 cm³/mol. The first-order valence-electron chi connectivity index (χ1n) is 5.91. The lowest BCUT2D eigenvalue weighted by atomic mass is 10.3. The summed E-state index contributed by atoms with van der Waals surface area (Å²) in [4.78, 5) is 9.17. The first-order valence-corrected chi connectivity index (χ1v) is 6.70. The van der Waals surface area contributed by atoms with Gasteiger partial charge in [0.15, 0.2) is 0 Å². The summed E-state index contributed by atoms with van der Waals surface area (Å²) in [5.41, 5.74) is 1.03. The summed E-state index contributed by atoms with van der Waals surface area (Å²) in [6.07, 6.45) is 2.33. The molecule has 16 heavy (non-hydrogen) atoms. The van der Waals surface area contributed by atoms with Crippen molar-refractivity contribution >= 4 is 21.7 Å². The van der Waals surface area contributed by atoms with Crippen molar-refractivity contribution in [1.29, 1.82) is 0 Å². The fourth-order valence-corrected chi connectivity index (χ4v) is 2.11. The van der Waals surface area contributed by atoms with Crippen LogP contribution in [0.15, 0.2) is 4.47 Å². The Morgan fingerprint density at radius 3 is 2.69 bits per heavy atom. The third-order valence-electron chi connectivity index (χ3n) is 3.02. The number of anilines is 1. The zero-order valence-corrected chi connectivity index (χ0v) is 11.6. The van der Waals surface area contributed by atoms with Crippen molar-refractivity contribution in [2.24, 2.45) is 5.92 Å². The first-order chi connectivity index (χ1) is 7.63. The van der Waals surface area contributed by atoms with Crippen molar-refractivity contribution in [2.45, 2.75) is 39.5 Å². The Kier molecular flexibility index (Phi) is 3.47. The summed E-state index contributed by atoms with van der Waals surface area (Å²) in [6, 6.07) is 0. The third-order valence-corrected chi connectivity index (χ3v) is 3.97. The molecule has 2 rings (SSSR count). The Hall–Kier alpha value is -0.640. The largest absolute Gasteiger partial charge is 0.369 e. The summed E-state index contributed by atoms with van der Waals surface area (Å²) in [5.74, 6) is 3.28. The van der Waals surface area contributed by atoms with Crippen molar-refractivity contribution in [1.82, 2.24) is 9.97 Å². The normalized spacial score (nSPS) is 23.2. The molecule has 2 unspecified atom stereocenters. The second-order valence-electron chi connectivity index (χ2n) is 4.58. The molecule has 0 saturated heterocycles. The van der Waals surface area contributed by atoms with E-state index < -0.39 is 0 Å². The standard InChI is InChI=1S/C12H18BrN3/c1-4-5-14-12-10(13)8(3)15-11(16-12)9-6-7(9)2/h7,9H,4-6H2,1-3H3,(H,14,15,16). The molecule has 3 nitrogen and oxygen atoms in total. The molecule has 0 aromatic carbocycles. The zero-order chi connectivity index (χ0) is 11.7. The molecule has 2 atom stereocenters. The number of aryl methyl sites for hydroxylation is 1. The van der Waals surface area contributed by atoms with E-state index in [4.69, 9.17) is 0 Å². The van der Waals surface area contributed by atoms with Gasteiger partial charge >= 0.3 is 0 Å². The molecule has 0 amide bonds. The maximum Gasteiger partial charge on any atom is 0.144 e. The molecular formula is C12H18BrN3. The lowest BCUT2D eigenvalue weighted by Crippen LogP contribution is -2.07. The molecule has 0 spiro atoms. The highest BCUT2D eigenvalue weighted by atomic mass is 79.9. The van der Waals surface area contributed by atoms with E-state index in [1.54, 1.807) is 0 Å². The van der Waals surface area contributed by atoms with E-state index in [0.717, 1.165) is 40.7 Å². The Bertz CT molecular complexity index is 392. The van der Waals surface area contributed by atoms with E-state index in [0.29, 0.717) is 5.92 Å². The van der Waals surface area contributed by atoms with Gasteiger partial charge in [-0.1, -0.05) is 13.8 Å². The Morgan fingerprint density at radius 1 is 1.44 bits per heavy atom. The van der Waals surface area contributed by atoms with Gasteiger partial charge in [-0.15, -0.1) is 0 Å². The number of hydrogen-bond acceptors (Lipinski definition) is 3. The highest BCUT2D eigenvalue weighted by molar-refractivity contribution is 9.10. The highest BCUT2D eigenvalue weighted by Gasteiger charge is 2.37. The molecular weight excluding hydrogens is 266 g/mol. The van der Waals surface area contributed by atoms with Crippen molar-refractivity contribution < 1.29 is 0 Å². The average molecular weight is 284 g/mol. The van der Waals surface area contributed by atoms with Crippen LogP contribution in [0.5, 0.6) is 0 Å². The van der Waals surface area contributed by atoms with Crippen LogP contribution >= 0.6 is 15.9 Å². The van der Waals surface area contributed by atoms with Gasteiger partial charge < -0.3 is 5.32 Å². The topological polar surface area (TPSA) is 37.8 Å². The molecule has 1 saturated carbocycles. The second kappa shape index (κ2) is 4.70. The molecule has 0 aliphatic heterocycles. The van der Waals surface area contributed by atoms with Crippen molar-refractivity contribution in [3.05, 3.63) is 16.0 Å². The van der Waals surface area contributed by atoms with Gasteiger partial charge in [0.25, 0.3) is 0 Å². The van der Waals surface area contributed by atoms with Crippen molar-refractivity contribution in [3.63, 3.8) is 0 Å². The third kappa shape index (κ3) is 2.37. The van der Waals surface area contributed by atoms with Crippen LogP contribution in [0.3, 0.4) is 0 Å². The Labute approximate surface area is 105 Å². The fourth-order valence-electron chi connectivity index (χ4n) is 1.79. The highest BCUT2D eigenvalue weighted by Crippen LogP contribution is 2.46. The quantitative estimate of drug-likeness (QED) is 0.919. The first kappa shape index (κ1) is 11.8. The number of halogens is 1. The number of hydrogen-bond donors (Lipinski definition) is 1. The van der Waals surface area contributed by atoms with Crippen LogP contribution in [0.4, 0.5) is 5.82 Å². The summed E-state index contributed by atoms with van der Waals surface area (Å²) in [6.45, 7) is 7.39. The smallest absolute Gasteiger partial charge is 0.144 e. The maximum atomic E-state index is 4.61. The minimum Gasteiger partial charge on any atom is -0.369 e. The van der Waals surface area contributed by atoms with Crippen LogP contribution in [0, 0.1) is 12.8 Å². The lowest BCUT2D eigenvalue weighted by molar-refractivity contribution is 0.827. The van der Waals surface area contributed by atoms with E-state index in [9.17, 15) is 0 Å². The van der Waals surface area contributed by atoms with E-state index in [1.807, 2.05) is 6.92 Å². The number of aromatic nitrogens is 2. The van der Waals surface area contributed by atoms with E-state index in [2.05, 4.69) is 45.1 Å². The molecule has 0 radical (unpaired) electrons. The van der Waals surface area contributed by atoms with Crippen LogP contribution < -0.4 is 5.32 Å². The predicted octanol–water partition coefficient (Wildman–Crippen LogP) is 3.49. The lowest BCUT2D eigenvalue weighted by Gasteiger charge is -2.10. The second-order valence-corrected chi connectivity index (χ2v) is 5.37. The van der Waals surface area contributed by atoms with Crippen LogP contribution in [-0.4, -0.2) is 16.5 Å². The van der Waals surface area contributed by atoms with Crippen molar-refractivity contribution in [3.8, 4) is 0 Å².